The van der Waals surface area contributed by atoms with Gasteiger partial charge in [-0.05, 0) is 36.9 Å². The first-order valence-corrected chi connectivity index (χ1v) is 9.48. The molecule has 0 bridgehead atoms. The summed E-state index contributed by atoms with van der Waals surface area (Å²) in [5, 5.41) is 8.65. The standard InChI is InChI=1S/C22H21F2N5/c1-3-11-28(4-2)14-21-27-26-20-13-25-22(16-7-5-6-8-18(16)24)17-12-15(23)9-10-19(17)29(20)21/h3,5-10,12H,1,4,11,13-14H2,2H3. The Balaban J connectivity index is 1.86. The molecule has 1 aromatic heterocycles. The molecule has 0 radical (unpaired) electrons. The summed E-state index contributed by atoms with van der Waals surface area (Å²) in [6.45, 7) is 8.17. The van der Waals surface area contributed by atoms with E-state index in [4.69, 9.17) is 0 Å². The predicted molar refractivity (Wildman–Crippen MR) is 108 cm³/mol. The Hall–Kier alpha value is -3.19. The van der Waals surface area contributed by atoms with Crippen LogP contribution in [-0.4, -0.2) is 38.5 Å². The molecular weight excluding hydrogens is 372 g/mol. The average Bonchev–Trinajstić information content (AvgIpc) is 3.04. The second-order valence-electron chi connectivity index (χ2n) is 6.79. The van der Waals surface area contributed by atoms with E-state index in [1.165, 1.54) is 18.2 Å². The number of nitrogens with zero attached hydrogens (tertiary/aromatic N) is 5. The number of likely N-dealkylation sites (N-methyl/N-ethyl adjacent to an activating group) is 1. The monoisotopic (exact) mass is 393 g/mol. The van der Waals surface area contributed by atoms with Crippen LogP contribution in [0, 0.1) is 11.6 Å². The summed E-state index contributed by atoms with van der Waals surface area (Å²) in [4.78, 5) is 6.75. The number of aromatic nitrogens is 3. The highest BCUT2D eigenvalue weighted by Crippen LogP contribution is 2.27. The highest BCUT2D eigenvalue weighted by molar-refractivity contribution is 6.15. The van der Waals surface area contributed by atoms with Gasteiger partial charge in [0.2, 0.25) is 0 Å². The van der Waals surface area contributed by atoms with Crippen molar-refractivity contribution >= 4 is 5.71 Å². The number of fused-ring (bicyclic) bond motifs is 3. The molecule has 3 aromatic rings. The molecule has 5 nitrogen and oxygen atoms in total. The number of hydrogen-bond donors (Lipinski definition) is 0. The molecule has 0 unspecified atom stereocenters. The molecule has 0 saturated heterocycles. The van der Waals surface area contributed by atoms with Crippen molar-refractivity contribution in [3.63, 3.8) is 0 Å². The molecule has 0 atom stereocenters. The second kappa shape index (κ2) is 8.05. The van der Waals surface area contributed by atoms with Crippen LogP contribution < -0.4 is 0 Å². The van der Waals surface area contributed by atoms with E-state index in [1.807, 2.05) is 10.6 Å². The Morgan fingerprint density at radius 1 is 1.14 bits per heavy atom. The van der Waals surface area contributed by atoms with Crippen molar-refractivity contribution < 1.29 is 8.78 Å². The Bertz CT molecular complexity index is 1090. The van der Waals surface area contributed by atoms with Crippen molar-refractivity contribution in [3.05, 3.63) is 89.5 Å². The minimum atomic E-state index is -0.410. The molecule has 0 fully saturated rings. The molecule has 0 amide bonds. The zero-order valence-corrected chi connectivity index (χ0v) is 16.1. The molecule has 148 valence electrons. The fraction of sp³-hybridized carbons (Fsp3) is 0.227. The molecule has 0 aliphatic carbocycles. The van der Waals surface area contributed by atoms with E-state index in [2.05, 4.69) is 33.6 Å². The van der Waals surface area contributed by atoms with E-state index < -0.39 is 11.6 Å². The van der Waals surface area contributed by atoms with E-state index in [9.17, 15) is 8.78 Å². The van der Waals surface area contributed by atoms with Crippen LogP contribution in [0.25, 0.3) is 5.69 Å². The smallest absolute Gasteiger partial charge is 0.159 e. The lowest BCUT2D eigenvalue weighted by molar-refractivity contribution is 0.301. The highest BCUT2D eigenvalue weighted by Gasteiger charge is 2.25. The van der Waals surface area contributed by atoms with Gasteiger partial charge in [0, 0.05) is 17.7 Å². The number of aliphatic imine (C=N–C) groups is 1. The molecule has 0 saturated carbocycles. The van der Waals surface area contributed by atoms with Crippen LogP contribution in [0.3, 0.4) is 0 Å². The SMILES string of the molecule is C=CCN(CC)Cc1nnc2n1-c1ccc(F)cc1C(c1ccccc1F)=NC2. The lowest BCUT2D eigenvalue weighted by Gasteiger charge is -2.19. The van der Waals surface area contributed by atoms with Gasteiger partial charge in [-0.15, -0.1) is 16.8 Å². The van der Waals surface area contributed by atoms with E-state index in [1.54, 1.807) is 24.3 Å². The summed E-state index contributed by atoms with van der Waals surface area (Å²) < 4.78 is 30.6. The second-order valence-corrected chi connectivity index (χ2v) is 6.79. The zero-order chi connectivity index (χ0) is 20.4. The Labute approximate surface area is 168 Å². The van der Waals surface area contributed by atoms with Crippen molar-refractivity contribution in [1.29, 1.82) is 0 Å². The summed E-state index contributed by atoms with van der Waals surface area (Å²) >= 11 is 0. The van der Waals surface area contributed by atoms with Crippen LogP contribution in [0.4, 0.5) is 8.78 Å². The third-order valence-corrected chi connectivity index (χ3v) is 4.96. The lowest BCUT2D eigenvalue weighted by atomic mass is 10.00. The molecule has 0 spiro atoms. The van der Waals surface area contributed by atoms with Crippen molar-refractivity contribution in [3.8, 4) is 5.69 Å². The van der Waals surface area contributed by atoms with Gasteiger partial charge < -0.3 is 0 Å². The third kappa shape index (κ3) is 3.61. The number of halogens is 2. The summed E-state index contributed by atoms with van der Waals surface area (Å²) in [6, 6.07) is 10.8. The van der Waals surface area contributed by atoms with Gasteiger partial charge >= 0.3 is 0 Å². The Morgan fingerprint density at radius 2 is 1.97 bits per heavy atom. The fourth-order valence-corrected chi connectivity index (χ4v) is 3.54. The van der Waals surface area contributed by atoms with Gasteiger partial charge in [-0.2, -0.15) is 0 Å². The topological polar surface area (TPSA) is 46.3 Å². The summed E-state index contributed by atoms with van der Waals surface area (Å²) in [5.41, 5.74) is 1.95. The summed E-state index contributed by atoms with van der Waals surface area (Å²) in [5.74, 6) is 0.547. The van der Waals surface area contributed by atoms with Crippen molar-refractivity contribution in [1.82, 2.24) is 19.7 Å². The fourth-order valence-electron chi connectivity index (χ4n) is 3.54. The van der Waals surface area contributed by atoms with E-state index >= 15 is 0 Å². The predicted octanol–water partition coefficient (Wildman–Crippen LogP) is 3.90. The molecule has 2 heterocycles. The summed E-state index contributed by atoms with van der Waals surface area (Å²) in [6.07, 6.45) is 1.84. The van der Waals surface area contributed by atoms with Crippen LogP contribution in [0.15, 0.2) is 60.1 Å². The maximum Gasteiger partial charge on any atom is 0.159 e. The molecule has 7 heteroatoms. The molecule has 0 N–H and O–H groups in total. The molecule has 1 aliphatic rings. The van der Waals surface area contributed by atoms with Gasteiger partial charge in [-0.3, -0.25) is 14.5 Å². The van der Waals surface area contributed by atoms with Crippen LogP contribution >= 0.6 is 0 Å². The molecular formula is C22H21F2N5. The molecule has 29 heavy (non-hydrogen) atoms. The van der Waals surface area contributed by atoms with Crippen LogP contribution in [0.1, 0.15) is 29.7 Å². The number of rotatable bonds is 6. The van der Waals surface area contributed by atoms with Crippen LogP contribution in [0.5, 0.6) is 0 Å². The minimum absolute atomic E-state index is 0.223. The van der Waals surface area contributed by atoms with Gasteiger partial charge in [-0.1, -0.05) is 25.1 Å². The lowest BCUT2D eigenvalue weighted by Crippen LogP contribution is -2.25. The average molecular weight is 393 g/mol. The molecule has 1 aliphatic heterocycles. The van der Waals surface area contributed by atoms with E-state index in [0.717, 1.165) is 12.4 Å². The number of benzene rings is 2. The van der Waals surface area contributed by atoms with Gasteiger partial charge in [-0.25, -0.2) is 8.78 Å². The first-order chi connectivity index (χ1) is 14.1. The first kappa shape index (κ1) is 19.1. The maximum absolute atomic E-state index is 14.5. The highest BCUT2D eigenvalue weighted by atomic mass is 19.1. The quantitative estimate of drug-likeness (QED) is 0.597. The maximum atomic E-state index is 14.5. The Morgan fingerprint density at radius 3 is 2.72 bits per heavy atom. The zero-order valence-electron chi connectivity index (χ0n) is 16.1. The van der Waals surface area contributed by atoms with Gasteiger partial charge in [0.05, 0.1) is 17.9 Å². The largest absolute Gasteiger partial charge is 0.293 e. The first-order valence-electron chi connectivity index (χ1n) is 9.48. The van der Waals surface area contributed by atoms with Gasteiger partial charge in [0.15, 0.2) is 11.6 Å². The van der Waals surface area contributed by atoms with Crippen LogP contribution in [-0.2, 0) is 13.1 Å². The van der Waals surface area contributed by atoms with Gasteiger partial charge in [0.25, 0.3) is 0 Å². The summed E-state index contributed by atoms with van der Waals surface area (Å²) in [7, 11) is 0. The normalized spacial score (nSPS) is 12.9. The molecule has 4 rings (SSSR count). The third-order valence-electron chi connectivity index (χ3n) is 4.96. The van der Waals surface area contributed by atoms with Gasteiger partial charge in [0.1, 0.15) is 18.2 Å². The van der Waals surface area contributed by atoms with E-state index in [0.29, 0.717) is 41.4 Å². The van der Waals surface area contributed by atoms with Crippen molar-refractivity contribution in [2.24, 2.45) is 4.99 Å². The van der Waals surface area contributed by atoms with Crippen LogP contribution in [0.2, 0.25) is 0 Å². The minimum Gasteiger partial charge on any atom is -0.293 e. The van der Waals surface area contributed by atoms with Crippen molar-refractivity contribution in [2.75, 3.05) is 13.1 Å². The van der Waals surface area contributed by atoms with Crippen molar-refractivity contribution in [2.45, 2.75) is 20.0 Å². The molecule has 2 aromatic carbocycles. The number of hydrogen-bond acceptors (Lipinski definition) is 4. The Kier molecular flexibility index (Phi) is 5.31. The van der Waals surface area contributed by atoms with E-state index in [-0.39, 0.29) is 6.54 Å².